The summed E-state index contributed by atoms with van der Waals surface area (Å²) in [6.07, 6.45) is 0.608. The minimum atomic E-state index is -0.401. The Labute approximate surface area is 206 Å². The van der Waals surface area contributed by atoms with E-state index in [2.05, 4.69) is 0 Å². The Morgan fingerprint density at radius 3 is 2.33 bits per heavy atom. The number of ether oxygens (including phenoxy) is 6. The van der Waals surface area contributed by atoms with Crippen molar-refractivity contribution in [2.45, 2.75) is 18.9 Å². The van der Waals surface area contributed by atoms with Crippen molar-refractivity contribution in [3.8, 4) is 28.7 Å². The molecule has 0 fully saturated rings. The van der Waals surface area contributed by atoms with Crippen molar-refractivity contribution in [2.24, 2.45) is 0 Å². The largest absolute Gasteiger partial charge is 0.493 e. The van der Waals surface area contributed by atoms with Gasteiger partial charge in [0, 0.05) is 5.92 Å². The minimum Gasteiger partial charge on any atom is -0.493 e. The third-order valence-corrected chi connectivity index (χ3v) is 6.73. The Bertz CT molecular complexity index is 1370. The Balaban J connectivity index is 1.43. The molecule has 184 valence electrons. The van der Waals surface area contributed by atoms with Crippen LogP contribution in [0.4, 0.5) is 4.39 Å². The van der Waals surface area contributed by atoms with Crippen LogP contribution >= 0.6 is 0 Å². The van der Waals surface area contributed by atoms with Gasteiger partial charge in [-0.25, -0.2) is 9.18 Å². The third kappa shape index (κ3) is 3.69. The van der Waals surface area contributed by atoms with Crippen molar-refractivity contribution >= 4 is 5.97 Å². The fourth-order valence-corrected chi connectivity index (χ4v) is 5.02. The molecule has 0 aromatic heterocycles. The lowest BCUT2D eigenvalue weighted by atomic mass is 9.75. The van der Waals surface area contributed by atoms with E-state index in [1.807, 2.05) is 24.3 Å². The number of methoxy groups -OCH3 is 2. The molecule has 0 saturated heterocycles. The molecule has 8 heteroatoms. The van der Waals surface area contributed by atoms with Gasteiger partial charge in [-0.2, -0.15) is 0 Å². The molecule has 7 nitrogen and oxygen atoms in total. The number of rotatable bonds is 6. The van der Waals surface area contributed by atoms with E-state index in [1.165, 1.54) is 12.1 Å². The van der Waals surface area contributed by atoms with E-state index in [0.29, 0.717) is 40.7 Å². The van der Waals surface area contributed by atoms with Gasteiger partial charge in [-0.15, -0.1) is 0 Å². The number of hydrogen-bond acceptors (Lipinski definition) is 7. The fourth-order valence-electron chi connectivity index (χ4n) is 5.02. The maximum absolute atomic E-state index is 13.3. The summed E-state index contributed by atoms with van der Waals surface area (Å²) >= 11 is 0. The van der Waals surface area contributed by atoms with Crippen LogP contribution in [-0.2, 0) is 22.6 Å². The smallest absolute Gasteiger partial charge is 0.335 e. The zero-order valence-corrected chi connectivity index (χ0v) is 19.8. The fraction of sp³-hybridized carbons (Fsp3) is 0.250. The molecule has 0 spiro atoms. The van der Waals surface area contributed by atoms with E-state index in [9.17, 15) is 9.18 Å². The lowest BCUT2D eigenvalue weighted by Crippen LogP contribution is -2.18. The molecular formula is C28H23FO7. The molecule has 3 aromatic carbocycles. The van der Waals surface area contributed by atoms with Crippen molar-refractivity contribution in [2.75, 3.05) is 27.6 Å². The van der Waals surface area contributed by atoms with Crippen molar-refractivity contribution in [3.63, 3.8) is 0 Å². The van der Waals surface area contributed by atoms with Crippen molar-refractivity contribution in [1.29, 1.82) is 0 Å². The molecule has 3 aromatic rings. The molecule has 0 unspecified atom stereocenters. The maximum atomic E-state index is 13.3. The summed E-state index contributed by atoms with van der Waals surface area (Å²) in [5.74, 6) is 1.62. The predicted molar refractivity (Wildman–Crippen MR) is 126 cm³/mol. The van der Waals surface area contributed by atoms with Crippen LogP contribution in [0.15, 0.2) is 59.7 Å². The van der Waals surface area contributed by atoms with Gasteiger partial charge in [0.25, 0.3) is 0 Å². The second kappa shape index (κ2) is 8.78. The standard InChI is InChI=1S/C28H23FO7/c1-31-23-9-17(10-24(32-2)27(23)33-12-15-3-5-19(29)6-4-15)25-20-11-22-21(35-14-36-22)8-16(20)7-18-13-34-28(30)26(18)25/h3-6,8-11,25H,7,12-14H2,1-2H3/t25-/m0/s1. The van der Waals surface area contributed by atoms with Gasteiger partial charge in [0.15, 0.2) is 23.0 Å². The molecular weight excluding hydrogens is 467 g/mol. The average molecular weight is 490 g/mol. The lowest BCUT2D eigenvalue weighted by Gasteiger charge is -2.27. The van der Waals surface area contributed by atoms with Crippen molar-refractivity contribution < 1.29 is 37.6 Å². The number of fused-ring (bicyclic) bond motifs is 2. The summed E-state index contributed by atoms with van der Waals surface area (Å²) in [6, 6.07) is 13.7. The highest BCUT2D eigenvalue weighted by molar-refractivity contribution is 5.95. The van der Waals surface area contributed by atoms with E-state index in [-0.39, 0.29) is 31.8 Å². The van der Waals surface area contributed by atoms with E-state index in [1.54, 1.807) is 26.4 Å². The molecule has 0 amide bonds. The first-order valence-corrected chi connectivity index (χ1v) is 11.5. The number of esters is 1. The van der Waals surface area contributed by atoms with E-state index in [0.717, 1.165) is 27.8 Å². The summed E-state index contributed by atoms with van der Waals surface area (Å²) in [7, 11) is 3.09. The normalized spacial score (nSPS) is 17.4. The number of hydrogen-bond donors (Lipinski definition) is 0. The van der Waals surface area contributed by atoms with Crippen LogP contribution in [0.2, 0.25) is 0 Å². The van der Waals surface area contributed by atoms with Crippen LogP contribution in [0.5, 0.6) is 28.7 Å². The molecule has 2 aliphatic heterocycles. The third-order valence-electron chi connectivity index (χ3n) is 6.73. The van der Waals surface area contributed by atoms with Gasteiger partial charge in [0.1, 0.15) is 19.0 Å². The second-order valence-corrected chi connectivity index (χ2v) is 8.78. The van der Waals surface area contributed by atoms with Gasteiger partial charge < -0.3 is 28.4 Å². The average Bonchev–Trinajstić information content (AvgIpc) is 3.51. The molecule has 0 N–H and O–H groups in total. The molecule has 0 radical (unpaired) electrons. The Morgan fingerprint density at radius 1 is 0.944 bits per heavy atom. The van der Waals surface area contributed by atoms with Crippen molar-refractivity contribution in [3.05, 3.63) is 87.7 Å². The number of cyclic esters (lactones) is 1. The Hall–Kier alpha value is -4.20. The van der Waals surface area contributed by atoms with Gasteiger partial charge >= 0.3 is 5.97 Å². The Kier molecular flexibility index (Phi) is 5.44. The number of carbonyl (C=O) groups excluding carboxylic acids is 1. The van der Waals surface area contributed by atoms with Gasteiger partial charge in [0.05, 0.1) is 19.8 Å². The Morgan fingerprint density at radius 2 is 1.64 bits per heavy atom. The van der Waals surface area contributed by atoms with Crippen LogP contribution in [0.1, 0.15) is 28.2 Å². The van der Waals surface area contributed by atoms with E-state index >= 15 is 0 Å². The highest BCUT2D eigenvalue weighted by atomic mass is 19.1. The quantitative estimate of drug-likeness (QED) is 0.464. The molecule has 1 aliphatic carbocycles. The van der Waals surface area contributed by atoms with Crippen LogP contribution < -0.4 is 23.7 Å². The molecule has 6 rings (SSSR count). The number of benzene rings is 3. The number of halogens is 1. The first-order chi connectivity index (χ1) is 17.6. The van der Waals surface area contributed by atoms with Crippen LogP contribution in [0.25, 0.3) is 0 Å². The monoisotopic (exact) mass is 490 g/mol. The summed E-state index contributed by atoms with van der Waals surface area (Å²) in [5, 5.41) is 0. The summed E-state index contributed by atoms with van der Waals surface area (Å²) in [6.45, 7) is 0.634. The molecule has 2 heterocycles. The zero-order chi connectivity index (χ0) is 24.8. The van der Waals surface area contributed by atoms with E-state index in [4.69, 9.17) is 28.4 Å². The molecule has 1 atom stereocenters. The highest BCUT2D eigenvalue weighted by Crippen LogP contribution is 2.50. The molecule has 0 saturated carbocycles. The topological polar surface area (TPSA) is 72.5 Å². The van der Waals surface area contributed by atoms with Crippen molar-refractivity contribution in [1.82, 2.24) is 0 Å². The van der Waals surface area contributed by atoms with Crippen LogP contribution in [-0.4, -0.2) is 33.6 Å². The summed E-state index contributed by atoms with van der Waals surface area (Å²) in [4.78, 5) is 12.8. The van der Waals surface area contributed by atoms with Gasteiger partial charge in [-0.3, -0.25) is 0 Å². The molecule has 0 bridgehead atoms. The zero-order valence-electron chi connectivity index (χ0n) is 19.8. The SMILES string of the molecule is COc1cc([C@@H]2C3=C(COC3=O)Cc3cc4c(cc32)OCO4)cc(OC)c1OCc1ccc(F)cc1. The first-order valence-electron chi connectivity index (χ1n) is 11.5. The van der Waals surface area contributed by atoms with Gasteiger partial charge in [-0.05, 0) is 70.6 Å². The van der Waals surface area contributed by atoms with Crippen LogP contribution in [0, 0.1) is 5.82 Å². The van der Waals surface area contributed by atoms with Crippen LogP contribution in [0.3, 0.4) is 0 Å². The van der Waals surface area contributed by atoms with Gasteiger partial charge in [-0.1, -0.05) is 12.1 Å². The molecule has 36 heavy (non-hydrogen) atoms. The van der Waals surface area contributed by atoms with E-state index < -0.39 is 5.92 Å². The second-order valence-electron chi connectivity index (χ2n) is 8.78. The predicted octanol–water partition coefficient (Wildman–Crippen LogP) is 4.69. The number of carbonyl (C=O) groups is 1. The molecule has 3 aliphatic rings. The summed E-state index contributed by atoms with van der Waals surface area (Å²) in [5.41, 5.74) is 5.17. The minimum absolute atomic E-state index is 0.166. The first kappa shape index (κ1) is 22.3. The lowest BCUT2D eigenvalue weighted by molar-refractivity contribution is -0.136. The van der Waals surface area contributed by atoms with Gasteiger partial charge in [0.2, 0.25) is 12.5 Å². The highest BCUT2D eigenvalue weighted by Gasteiger charge is 2.40. The summed E-state index contributed by atoms with van der Waals surface area (Å²) < 4.78 is 47.3. The maximum Gasteiger partial charge on any atom is 0.335 e.